The van der Waals surface area contributed by atoms with E-state index in [-0.39, 0.29) is 0 Å². The number of ether oxygens (including phenoxy) is 1. The lowest BCUT2D eigenvalue weighted by molar-refractivity contribution is 0.0526. The monoisotopic (exact) mass is 284 g/mol. The zero-order valence-corrected chi connectivity index (χ0v) is 13.0. The summed E-state index contributed by atoms with van der Waals surface area (Å²) >= 11 is 0. The lowest BCUT2D eigenvalue weighted by Crippen LogP contribution is -2.29. The second-order valence-electron chi connectivity index (χ2n) is 4.51. The summed E-state index contributed by atoms with van der Waals surface area (Å²) in [5.41, 5.74) is 0.420. The van der Waals surface area contributed by atoms with Crippen LogP contribution in [0.15, 0.2) is 24.3 Å². The molecule has 0 amide bonds. The van der Waals surface area contributed by atoms with Crippen LogP contribution in [0.2, 0.25) is 0 Å². The van der Waals surface area contributed by atoms with Gasteiger partial charge < -0.3 is 4.74 Å². The van der Waals surface area contributed by atoms with Crippen LogP contribution in [0.1, 0.15) is 17.3 Å². The Hall–Kier alpha value is -1.16. The predicted octanol–water partition coefficient (Wildman–Crippen LogP) is 1.80. The van der Waals surface area contributed by atoms with E-state index in [0.29, 0.717) is 17.5 Å². The Morgan fingerprint density at radius 1 is 1.21 bits per heavy atom. The van der Waals surface area contributed by atoms with Crippen molar-refractivity contribution in [3.05, 3.63) is 29.8 Å². The van der Waals surface area contributed by atoms with E-state index in [4.69, 9.17) is 4.74 Å². The van der Waals surface area contributed by atoms with Crippen molar-refractivity contribution in [2.45, 2.75) is 6.92 Å². The highest BCUT2D eigenvalue weighted by Crippen LogP contribution is 2.48. The Morgan fingerprint density at radius 2 is 1.79 bits per heavy atom. The van der Waals surface area contributed by atoms with Crippen molar-refractivity contribution in [1.82, 2.24) is 9.34 Å². The maximum absolute atomic E-state index is 13.0. The van der Waals surface area contributed by atoms with Gasteiger partial charge in [0.2, 0.25) is 7.44 Å². The molecule has 0 aliphatic carbocycles. The van der Waals surface area contributed by atoms with E-state index in [1.807, 2.05) is 0 Å². The molecule has 19 heavy (non-hydrogen) atoms. The van der Waals surface area contributed by atoms with Gasteiger partial charge in [-0.1, -0.05) is 6.07 Å². The molecule has 0 radical (unpaired) electrons. The molecule has 0 aliphatic heterocycles. The second kappa shape index (κ2) is 6.33. The molecular formula is C13H21N2O3P. The Balaban J connectivity index is 3.24. The normalized spacial score (nSPS) is 11.9. The summed E-state index contributed by atoms with van der Waals surface area (Å²) < 4.78 is 21.4. The number of carbonyl (C=O) groups is 1. The third-order valence-corrected chi connectivity index (χ3v) is 5.90. The van der Waals surface area contributed by atoms with Crippen LogP contribution in [0.4, 0.5) is 0 Å². The minimum Gasteiger partial charge on any atom is -0.462 e. The zero-order chi connectivity index (χ0) is 14.6. The molecule has 0 spiro atoms. The fourth-order valence-corrected chi connectivity index (χ4v) is 4.07. The average Bonchev–Trinajstić information content (AvgIpc) is 2.37. The molecular weight excluding hydrogens is 263 g/mol. The third-order valence-electron chi connectivity index (χ3n) is 2.78. The molecule has 0 N–H and O–H groups in total. The van der Waals surface area contributed by atoms with Gasteiger partial charge in [0.05, 0.1) is 12.2 Å². The number of benzene rings is 1. The molecule has 106 valence electrons. The van der Waals surface area contributed by atoms with Gasteiger partial charge >= 0.3 is 5.97 Å². The number of esters is 1. The second-order valence-corrected chi connectivity index (χ2v) is 7.71. The van der Waals surface area contributed by atoms with E-state index in [9.17, 15) is 9.36 Å². The van der Waals surface area contributed by atoms with Crippen LogP contribution in [0.3, 0.4) is 0 Å². The summed E-state index contributed by atoms with van der Waals surface area (Å²) in [6, 6.07) is 6.79. The summed E-state index contributed by atoms with van der Waals surface area (Å²) in [6.45, 7) is 2.08. The topological polar surface area (TPSA) is 49.9 Å². The molecule has 0 aliphatic rings. The van der Waals surface area contributed by atoms with Gasteiger partial charge in [-0.2, -0.15) is 0 Å². The average molecular weight is 284 g/mol. The zero-order valence-electron chi connectivity index (χ0n) is 12.1. The molecule has 0 heterocycles. The van der Waals surface area contributed by atoms with E-state index in [2.05, 4.69) is 0 Å². The molecule has 0 atom stereocenters. The molecule has 0 unspecified atom stereocenters. The number of carbonyl (C=O) groups excluding carboxylic acids is 1. The minimum atomic E-state index is -2.84. The molecule has 0 aromatic heterocycles. The van der Waals surface area contributed by atoms with Crippen molar-refractivity contribution in [1.29, 1.82) is 0 Å². The highest BCUT2D eigenvalue weighted by atomic mass is 31.2. The van der Waals surface area contributed by atoms with Crippen LogP contribution in [0, 0.1) is 0 Å². The fraction of sp³-hybridized carbons (Fsp3) is 0.462. The van der Waals surface area contributed by atoms with Crippen LogP contribution in [0.25, 0.3) is 0 Å². The van der Waals surface area contributed by atoms with Crippen LogP contribution < -0.4 is 5.30 Å². The molecule has 1 aromatic carbocycles. The smallest absolute Gasteiger partial charge is 0.338 e. The highest BCUT2D eigenvalue weighted by molar-refractivity contribution is 7.67. The van der Waals surface area contributed by atoms with Gasteiger partial charge in [0.1, 0.15) is 0 Å². The van der Waals surface area contributed by atoms with E-state index in [0.717, 1.165) is 0 Å². The first-order valence-corrected chi connectivity index (χ1v) is 7.68. The SMILES string of the molecule is CCOC(=O)c1cccc(P(=O)(N(C)C)N(C)C)c1. The van der Waals surface area contributed by atoms with E-state index >= 15 is 0 Å². The molecule has 1 aromatic rings. The van der Waals surface area contributed by atoms with Crippen molar-refractivity contribution in [2.75, 3.05) is 34.8 Å². The van der Waals surface area contributed by atoms with E-state index in [1.54, 1.807) is 68.7 Å². The number of rotatable bonds is 5. The van der Waals surface area contributed by atoms with Gasteiger partial charge in [-0.25, -0.2) is 14.1 Å². The molecule has 5 nitrogen and oxygen atoms in total. The summed E-state index contributed by atoms with van der Waals surface area (Å²) in [6.07, 6.45) is 0. The first kappa shape index (κ1) is 15.9. The van der Waals surface area contributed by atoms with Crippen molar-refractivity contribution in [2.24, 2.45) is 0 Å². The molecule has 0 saturated heterocycles. The number of nitrogens with zero attached hydrogens (tertiary/aromatic N) is 2. The molecule has 0 fully saturated rings. The fourth-order valence-electron chi connectivity index (χ4n) is 1.85. The van der Waals surface area contributed by atoms with E-state index in [1.165, 1.54) is 0 Å². The van der Waals surface area contributed by atoms with Gasteiger partial charge in [-0.05, 0) is 53.3 Å². The summed E-state index contributed by atoms with van der Waals surface area (Å²) in [5.74, 6) is -0.395. The lowest BCUT2D eigenvalue weighted by atomic mass is 10.2. The van der Waals surface area contributed by atoms with Gasteiger partial charge in [-0.3, -0.25) is 4.57 Å². The molecule has 1 rings (SSSR count). The molecule has 0 saturated carbocycles. The van der Waals surface area contributed by atoms with Crippen LogP contribution in [0.5, 0.6) is 0 Å². The van der Waals surface area contributed by atoms with Crippen molar-refractivity contribution in [3.8, 4) is 0 Å². The van der Waals surface area contributed by atoms with Gasteiger partial charge in [0.25, 0.3) is 0 Å². The van der Waals surface area contributed by atoms with E-state index < -0.39 is 13.4 Å². The van der Waals surface area contributed by atoms with Crippen LogP contribution >= 0.6 is 7.44 Å². The summed E-state index contributed by atoms with van der Waals surface area (Å²) in [5, 5.41) is 0.619. The van der Waals surface area contributed by atoms with Crippen LogP contribution in [-0.4, -0.2) is 50.1 Å². The Morgan fingerprint density at radius 3 is 2.26 bits per heavy atom. The Labute approximate surface area is 114 Å². The maximum Gasteiger partial charge on any atom is 0.338 e. The Kier molecular flexibility index (Phi) is 5.29. The standard InChI is InChI=1S/C13H21N2O3P/c1-6-18-13(16)11-8-7-9-12(10-11)19(17,14(2)3)15(4)5/h7-10H,6H2,1-5H3. The van der Waals surface area contributed by atoms with Gasteiger partial charge in [-0.15, -0.1) is 0 Å². The lowest BCUT2D eigenvalue weighted by Gasteiger charge is -2.30. The minimum absolute atomic E-state index is 0.322. The first-order valence-electron chi connectivity index (χ1n) is 6.07. The summed E-state index contributed by atoms with van der Waals surface area (Å²) in [7, 11) is 4.20. The van der Waals surface area contributed by atoms with Crippen molar-refractivity contribution in [3.63, 3.8) is 0 Å². The quantitative estimate of drug-likeness (QED) is 0.609. The van der Waals surface area contributed by atoms with Crippen LogP contribution in [-0.2, 0) is 9.30 Å². The summed E-state index contributed by atoms with van der Waals surface area (Å²) in [4.78, 5) is 11.7. The third kappa shape index (κ3) is 3.24. The highest BCUT2D eigenvalue weighted by Gasteiger charge is 2.30. The molecule has 6 heteroatoms. The van der Waals surface area contributed by atoms with Gasteiger partial charge in [0.15, 0.2) is 0 Å². The molecule has 0 bridgehead atoms. The number of hydrogen-bond acceptors (Lipinski definition) is 3. The maximum atomic E-state index is 13.0. The van der Waals surface area contributed by atoms with Crippen molar-refractivity contribution < 1.29 is 14.1 Å². The van der Waals surface area contributed by atoms with Crippen molar-refractivity contribution >= 4 is 18.7 Å². The largest absolute Gasteiger partial charge is 0.462 e. The Bertz CT molecular complexity index is 488. The number of hydrogen-bond donors (Lipinski definition) is 0. The predicted molar refractivity (Wildman–Crippen MR) is 77.0 cm³/mol. The first-order chi connectivity index (χ1) is 8.83. The van der Waals surface area contributed by atoms with Gasteiger partial charge in [0, 0.05) is 5.30 Å².